The summed E-state index contributed by atoms with van der Waals surface area (Å²) in [5, 5.41) is 0. The first-order valence-electron chi connectivity index (χ1n) is 34.1. The molecule has 0 fully saturated rings. The zero-order valence-electron chi connectivity index (χ0n) is 51.7. The number of carbonyl (C=O) groups excluding carboxylic acids is 3. The molecule has 0 aromatic rings. The number of ether oxygens (including phenoxy) is 3. The molecule has 0 aromatic carbocycles. The molecule has 450 valence electrons. The lowest BCUT2D eigenvalue weighted by Gasteiger charge is -2.18. The van der Waals surface area contributed by atoms with Crippen molar-refractivity contribution in [2.75, 3.05) is 13.2 Å². The SMILES string of the molecule is CCCCC/C=C\C/C=C\C/C=C\CCCCCCCCC(=O)OC(COC(=O)CCCCCCCCCCC/C=C\CCCCCCCCCC)COC(=O)CCCCCCCCCCCCCCCCCCCCC. The lowest BCUT2D eigenvalue weighted by molar-refractivity contribution is -0.167. The second-order valence-corrected chi connectivity index (χ2v) is 23.1. The standard InChI is InChI=1S/C71H130O6/c1-4-7-10-13-16-19-22-25-28-31-34-35-38-40-43-46-49-52-55-58-61-64-70(73)76-67-68(77-71(74)65-62-59-56-53-50-47-44-41-37-33-30-27-24-21-18-15-12-9-6-3)66-75-69(72)63-60-57-54-51-48-45-42-39-36-32-29-26-23-20-17-14-11-8-5-2/h18,21,27,30-31,34,37,41,68H,4-17,19-20,22-26,28-29,32-33,35-36,38-40,42-67H2,1-3H3/b21-18-,30-27-,34-31-,41-37-. The van der Waals surface area contributed by atoms with Crippen LogP contribution in [0.25, 0.3) is 0 Å². The minimum atomic E-state index is -0.781. The molecule has 6 nitrogen and oxygen atoms in total. The van der Waals surface area contributed by atoms with Crippen LogP contribution in [0.1, 0.15) is 367 Å². The summed E-state index contributed by atoms with van der Waals surface area (Å²) >= 11 is 0. The van der Waals surface area contributed by atoms with Gasteiger partial charge in [0.1, 0.15) is 13.2 Å². The Labute approximate surface area is 479 Å². The predicted octanol–water partition coefficient (Wildman–Crippen LogP) is 23.3. The highest BCUT2D eigenvalue weighted by Gasteiger charge is 2.19. The summed E-state index contributed by atoms with van der Waals surface area (Å²) in [6, 6.07) is 0. The number of esters is 3. The van der Waals surface area contributed by atoms with Crippen molar-refractivity contribution in [2.45, 2.75) is 374 Å². The van der Waals surface area contributed by atoms with E-state index in [9.17, 15) is 14.4 Å². The smallest absolute Gasteiger partial charge is 0.306 e. The van der Waals surface area contributed by atoms with E-state index in [-0.39, 0.29) is 31.1 Å². The summed E-state index contributed by atoms with van der Waals surface area (Å²) in [6.45, 7) is 6.67. The maximum absolute atomic E-state index is 12.9. The molecule has 0 amide bonds. The van der Waals surface area contributed by atoms with Crippen molar-refractivity contribution in [1.29, 1.82) is 0 Å². The minimum Gasteiger partial charge on any atom is -0.462 e. The molecule has 0 aromatic heterocycles. The van der Waals surface area contributed by atoms with Crippen LogP contribution in [0.15, 0.2) is 48.6 Å². The summed E-state index contributed by atoms with van der Waals surface area (Å²) in [7, 11) is 0. The second kappa shape index (κ2) is 65.9. The summed E-state index contributed by atoms with van der Waals surface area (Å²) in [4.78, 5) is 38.4. The molecule has 0 rings (SSSR count). The third-order valence-electron chi connectivity index (χ3n) is 15.3. The third-order valence-corrected chi connectivity index (χ3v) is 15.3. The van der Waals surface area contributed by atoms with Crippen molar-refractivity contribution >= 4 is 17.9 Å². The van der Waals surface area contributed by atoms with Crippen molar-refractivity contribution in [2.24, 2.45) is 0 Å². The van der Waals surface area contributed by atoms with E-state index in [0.717, 1.165) is 77.0 Å². The number of hydrogen-bond acceptors (Lipinski definition) is 6. The van der Waals surface area contributed by atoms with Crippen LogP contribution < -0.4 is 0 Å². The molecule has 6 heteroatoms. The van der Waals surface area contributed by atoms with Gasteiger partial charge in [0, 0.05) is 19.3 Å². The van der Waals surface area contributed by atoms with E-state index in [4.69, 9.17) is 14.2 Å². The normalized spacial score (nSPS) is 12.3. The third kappa shape index (κ3) is 64.1. The highest BCUT2D eigenvalue weighted by Crippen LogP contribution is 2.18. The predicted molar refractivity (Wildman–Crippen MR) is 335 cm³/mol. The van der Waals surface area contributed by atoms with Gasteiger partial charge in [0.25, 0.3) is 0 Å². The largest absolute Gasteiger partial charge is 0.462 e. The monoisotopic (exact) mass is 1080 g/mol. The molecular formula is C71H130O6. The molecule has 0 spiro atoms. The molecular weight excluding hydrogens is 949 g/mol. The number of allylic oxidation sites excluding steroid dienone is 8. The number of hydrogen-bond donors (Lipinski definition) is 0. The topological polar surface area (TPSA) is 78.9 Å². The van der Waals surface area contributed by atoms with E-state index in [1.54, 1.807) is 0 Å². The van der Waals surface area contributed by atoms with Gasteiger partial charge >= 0.3 is 17.9 Å². The average molecular weight is 1080 g/mol. The van der Waals surface area contributed by atoms with Gasteiger partial charge < -0.3 is 14.2 Å². The highest BCUT2D eigenvalue weighted by atomic mass is 16.6. The second-order valence-electron chi connectivity index (χ2n) is 23.1. The van der Waals surface area contributed by atoms with Gasteiger partial charge in [-0.2, -0.15) is 0 Å². The Morgan fingerprint density at radius 2 is 0.468 bits per heavy atom. The van der Waals surface area contributed by atoms with Crippen molar-refractivity contribution in [3.05, 3.63) is 48.6 Å². The molecule has 0 saturated carbocycles. The summed E-state index contributed by atoms with van der Waals surface area (Å²) in [6.07, 6.45) is 82.6. The molecule has 0 aliphatic heterocycles. The zero-order valence-corrected chi connectivity index (χ0v) is 51.7. The molecule has 0 N–H and O–H groups in total. The first-order chi connectivity index (χ1) is 38.0. The van der Waals surface area contributed by atoms with Gasteiger partial charge in [0.15, 0.2) is 6.10 Å². The number of unbranched alkanes of at least 4 members (excludes halogenated alkanes) is 44. The molecule has 0 aliphatic rings. The quantitative estimate of drug-likeness (QED) is 0.0261. The van der Waals surface area contributed by atoms with Gasteiger partial charge in [0.2, 0.25) is 0 Å². The van der Waals surface area contributed by atoms with Crippen molar-refractivity contribution < 1.29 is 28.6 Å². The van der Waals surface area contributed by atoms with E-state index in [0.29, 0.717) is 19.3 Å². The molecule has 1 atom stereocenters. The molecule has 0 radical (unpaired) electrons. The van der Waals surface area contributed by atoms with E-state index in [2.05, 4.69) is 69.4 Å². The van der Waals surface area contributed by atoms with Crippen molar-refractivity contribution in [1.82, 2.24) is 0 Å². The van der Waals surface area contributed by atoms with Crippen molar-refractivity contribution in [3.63, 3.8) is 0 Å². The maximum Gasteiger partial charge on any atom is 0.306 e. The van der Waals surface area contributed by atoms with Crippen molar-refractivity contribution in [3.8, 4) is 0 Å². The number of carbonyl (C=O) groups is 3. The van der Waals surface area contributed by atoms with Crippen LogP contribution in [0.5, 0.6) is 0 Å². The van der Waals surface area contributed by atoms with Gasteiger partial charge in [-0.05, 0) is 83.5 Å². The van der Waals surface area contributed by atoms with Crippen LogP contribution in [0, 0.1) is 0 Å². The first-order valence-corrected chi connectivity index (χ1v) is 34.1. The van der Waals surface area contributed by atoms with Crippen LogP contribution in [0.4, 0.5) is 0 Å². The fraction of sp³-hybridized carbons (Fsp3) is 0.845. The van der Waals surface area contributed by atoms with E-state index in [1.807, 2.05) is 0 Å². The Kier molecular flexibility index (Phi) is 63.6. The maximum atomic E-state index is 12.9. The van der Waals surface area contributed by atoms with Gasteiger partial charge in [-0.1, -0.05) is 313 Å². The fourth-order valence-electron chi connectivity index (χ4n) is 10.2. The van der Waals surface area contributed by atoms with Crippen LogP contribution in [-0.2, 0) is 28.6 Å². The molecule has 1 unspecified atom stereocenters. The Morgan fingerprint density at radius 1 is 0.260 bits per heavy atom. The summed E-state index contributed by atoms with van der Waals surface area (Å²) in [5.41, 5.74) is 0. The first kappa shape index (κ1) is 74.4. The summed E-state index contributed by atoms with van der Waals surface area (Å²) in [5.74, 6) is -0.865. The Balaban J connectivity index is 4.35. The van der Waals surface area contributed by atoms with E-state index < -0.39 is 6.10 Å². The average Bonchev–Trinajstić information content (AvgIpc) is 3.43. The van der Waals surface area contributed by atoms with E-state index in [1.165, 1.54) is 250 Å². The molecule has 0 saturated heterocycles. The van der Waals surface area contributed by atoms with Crippen LogP contribution >= 0.6 is 0 Å². The lowest BCUT2D eigenvalue weighted by Crippen LogP contribution is -2.30. The Morgan fingerprint density at radius 3 is 0.766 bits per heavy atom. The Hall–Kier alpha value is -2.63. The summed E-state index contributed by atoms with van der Waals surface area (Å²) < 4.78 is 17.0. The van der Waals surface area contributed by atoms with Gasteiger partial charge in [-0.25, -0.2) is 0 Å². The number of rotatable bonds is 63. The molecule has 0 heterocycles. The van der Waals surface area contributed by atoms with Gasteiger partial charge in [-0.3, -0.25) is 14.4 Å². The van der Waals surface area contributed by atoms with E-state index >= 15 is 0 Å². The highest BCUT2D eigenvalue weighted by molar-refractivity contribution is 5.71. The van der Waals surface area contributed by atoms with Crippen LogP contribution in [-0.4, -0.2) is 37.2 Å². The van der Waals surface area contributed by atoms with Gasteiger partial charge in [-0.15, -0.1) is 0 Å². The molecule has 77 heavy (non-hydrogen) atoms. The lowest BCUT2D eigenvalue weighted by atomic mass is 10.0. The minimum absolute atomic E-state index is 0.0751. The fourth-order valence-corrected chi connectivity index (χ4v) is 10.2. The molecule has 0 bridgehead atoms. The Bertz CT molecular complexity index is 1330. The van der Waals surface area contributed by atoms with Crippen LogP contribution in [0.2, 0.25) is 0 Å². The zero-order chi connectivity index (χ0) is 55.7. The van der Waals surface area contributed by atoms with Crippen LogP contribution in [0.3, 0.4) is 0 Å². The van der Waals surface area contributed by atoms with Gasteiger partial charge in [0.05, 0.1) is 0 Å². The molecule has 0 aliphatic carbocycles.